The van der Waals surface area contributed by atoms with Crippen LogP contribution >= 0.6 is 34.8 Å². The minimum Gasteiger partial charge on any atom is -0.437 e. The number of hydrogen-bond acceptors (Lipinski definition) is 2. The van der Waals surface area contributed by atoms with Gasteiger partial charge in [0.15, 0.2) is 5.15 Å². The third-order valence-corrected chi connectivity index (χ3v) is 3.34. The van der Waals surface area contributed by atoms with Gasteiger partial charge in [0.1, 0.15) is 10.8 Å². The van der Waals surface area contributed by atoms with Crippen LogP contribution < -0.4 is 4.74 Å². The van der Waals surface area contributed by atoms with Crippen LogP contribution in [0.3, 0.4) is 0 Å². The molecule has 1 aromatic heterocycles. The molecule has 2 aromatic rings. The largest absolute Gasteiger partial charge is 0.437 e. The molecule has 0 saturated carbocycles. The van der Waals surface area contributed by atoms with E-state index in [-0.39, 0.29) is 11.0 Å². The fourth-order valence-electron chi connectivity index (χ4n) is 1.40. The molecule has 2 nitrogen and oxygen atoms in total. The minimum absolute atomic E-state index is 0.168. The van der Waals surface area contributed by atoms with Crippen molar-refractivity contribution in [3.63, 3.8) is 0 Å². The molecule has 2 rings (SSSR count). The van der Waals surface area contributed by atoms with Crippen LogP contribution in [0.4, 0.5) is 0 Å². The zero-order valence-electron chi connectivity index (χ0n) is 9.58. The normalized spacial score (nSPS) is 10.4. The van der Waals surface area contributed by atoms with E-state index in [1.54, 1.807) is 0 Å². The smallest absolute Gasteiger partial charge is 0.239 e. The van der Waals surface area contributed by atoms with Crippen LogP contribution in [0.5, 0.6) is 11.6 Å². The highest BCUT2D eigenvalue weighted by Crippen LogP contribution is 2.33. The average molecular weight is 303 g/mol. The summed E-state index contributed by atoms with van der Waals surface area (Å²) in [5.41, 5.74) is 1.23. The Morgan fingerprint density at radius 2 is 1.72 bits per heavy atom. The van der Waals surface area contributed by atoms with E-state index in [2.05, 4.69) is 11.9 Å². The van der Waals surface area contributed by atoms with Gasteiger partial charge in [-0.05, 0) is 30.2 Å². The molecule has 1 heterocycles. The summed E-state index contributed by atoms with van der Waals surface area (Å²) in [6.07, 6.45) is 0.978. The summed E-state index contributed by atoms with van der Waals surface area (Å²) >= 11 is 17.6. The molecule has 0 aliphatic carbocycles. The number of aryl methyl sites for hydroxylation is 1. The van der Waals surface area contributed by atoms with Crippen LogP contribution in [0.1, 0.15) is 12.5 Å². The molecule has 0 aliphatic heterocycles. The van der Waals surface area contributed by atoms with Gasteiger partial charge in [-0.3, -0.25) is 0 Å². The molecule has 0 unspecified atom stereocenters. The van der Waals surface area contributed by atoms with Gasteiger partial charge in [0, 0.05) is 0 Å². The van der Waals surface area contributed by atoms with Crippen molar-refractivity contribution in [1.82, 2.24) is 4.98 Å². The molecule has 0 saturated heterocycles. The lowest BCUT2D eigenvalue weighted by atomic mass is 10.2. The lowest BCUT2D eigenvalue weighted by molar-refractivity contribution is 0.463. The number of benzene rings is 1. The van der Waals surface area contributed by atoms with Crippen molar-refractivity contribution >= 4 is 34.8 Å². The van der Waals surface area contributed by atoms with Crippen LogP contribution in [0, 0.1) is 0 Å². The molecule has 0 aliphatic rings. The van der Waals surface area contributed by atoms with Gasteiger partial charge in [-0.1, -0.05) is 53.9 Å². The fourth-order valence-corrected chi connectivity index (χ4v) is 1.93. The monoisotopic (exact) mass is 301 g/mol. The lowest BCUT2D eigenvalue weighted by Crippen LogP contribution is -1.90. The van der Waals surface area contributed by atoms with Crippen LogP contribution in [0.25, 0.3) is 0 Å². The van der Waals surface area contributed by atoms with Crippen molar-refractivity contribution in [3.8, 4) is 11.6 Å². The van der Waals surface area contributed by atoms with E-state index in [4.69, 9.17) is 39.5 Å². The van der Waals surface area contributed by atoms with E-state index < -0.39 is 0 Å². The van der Waals surface area contributed by atoms with Gasteiger partial charge >= 0.3 is 0 Å². The third-order valence-electron chi connectivity index (χ3n) is 2.40. The Bertz CT molecular complexity index is 555. The molecular formula is C13H10Cl3NO. The first-order valence-corrected chi connectivity index (χ1v) is 6.52. The van der Waals surface area contributed by atoms with Gasteiger partial charge in [-0.2, -0.15) is 4.98 Å². The van der Waals surface area contributed by atoms with E-state index in [1.807, 2.05) is 24.3 Å². The van der Waals surface area contributed by atoms with E-state index in [0.717, 1.165) is 6.42 Å². The Balaban J connectivity index is 2.25. The fraction of sp³-hybridized carbons (Fsp3) is 0.154. The summed E-state index contributed by atoms with van der Waals surface area (Å²) in [5.74, 6) is 0.898. The van der Waals surface area contributed by atoms with E-state index in [1.165, 1.54) is 11.6 Å². The molecule has 0 bridgehead atoms. The maximum absolute atomic E-state index is 5.98. The summed E-state index contributed by atoms with van der Waals surface area (Å²) in [6.45, 7) is 2.09. The average Bonchev–Trinajstić information content (AvgIpc) is 2.37. The quantitative estimate of drug-likeness (QED) is 0.708. The first kappa shape index (κ1) is 13.5. The Morgan fingerprint density at radius 1 is 1.06 bits per heavy atom. The predicted octanol–water partition coefficient (Wildman–Crippen LogP) is 5.40. The molecule has 5 heteroatoms. The van der Waals surface area contributed by atoms with Crippen LogP contribution in [-0.4, -0.2) is 4.98 Å². The zero-order valence-corrected chi connectivity index (χ0v) is 11.9. The maximum Gasteiger partial charge on any atom is 0.239 e. The highest BCUT2D eigenvalue weighted by molar-refractivity contribution is 6.42. The van der Waals surface area contributed by atoms with Crippen molar-refractivity contribution < 1.29 is 4.74 Å². The van der Waals surface area contributed by atoms with Gasteiger partial charge in [-0.15, -0.1) is 0 Å². The van der Waals surface area contributed by atoms with E-state index in [0.29, 0.717) is 15.8 Å². The third kappa shape index (κ3) is 3.08. The molecule has 94 valence electrons. The lowest BCUT2D eigenvalue weighted by Gasteiger charge is -2.08. The number of halogens is 3. The Kier molecular flexibility index (Phi) is 4.33. The molecular weight excluding hydrogens is 293 g/mol. The van der Waals surface area contributed by atoms with E-state index in [9.17, 15) is 0 Å². The minimum atomic E-state index is 0.168. The van der Waals surface area contributed by atoms with Crippen LogP contribution in [-0.2, 0) is 6.42 Å². The van der Waals surface area contributed by atoms with Crippen molar-refractivity contribution in [2.75, 3.05) is 0 Å². The van der Waals surface area contributed by atoms with Crippen molar-refractivity contribution in [3.05, 3.63) is 51.1 Å². The molecule has 1 aromatic carbocycles. The summed E-state index contributed by atoms with van der Waals surface area (Å²) < 4.78 is 5.56. The predicted molar refractivity (Wildman–Crippen MR) is 75.2 cm³/mol. The van der Waals surface area contributed by atoms with Gasteiger partial charge in [-0.25, -0.2) is 0 Å². The summed E-state index contributed by atoms with van der Waals surface area (Å²) in [4.78, 5) is 3.99. The van der Waals surface area contributed by atoms with Gasteiger partial charge in [0.25, 0.3) is 0 Å². The standard InChI is InChI=1S/C13H10Cl3NO/c1-2-8-3-5-9(6-4-8)18-13-11(15)7-10(14)12(16)17-13/h3-7H,2H2,1H3. The van der Waals surface area contributed by atoms with Crippen molar-refractivity contribution in [1.29, 1.82) is 0 Å². The van der Waals surface area contributed by atoms with Crippen LogP contribution in [0.2, 0.25) is 15.2 Å². The highest BCUT2D eigenvalue weighted by atomic mass is 35.5. The van der Waals surface area contributed by atoms with Crippen molar-refractivity contribution in [2.24, 2.45) is 0 Å². The number of hydrogen-bond donors (Lipinski definition) is 0. The summed E-state index contributed by atoms with van der Waals surface area (Å²) in [7, 11) is 0. The molecule has 0 atom stereocenters. The number of nitrogens with zero attached hydrogens (tertiary/aromatic N) is 1. The molecule has 18 heavy (non-hydrogen) atoms. The summed E-state index contributed by atoms with van der Waals surface area (Å²) in [5, 5.41) is 0.792. The molecule has 0 spiro atoms. The molecule has 0 radical (unpaired) electrons. The first-order chi connectivity index (χ1) is 8.60. The topological polar surface area (TPSA) is 22.1 Å². The second-order valence-electron chi connectivity index (χ2n) is 3.65. The molecule has 0 amide bonds. The van der Waals surface area contributed by atoms with E-state index >= 15 is 0 Å². The second kappa shape index (κ2) is 5.79. The van der Waals surface area contributed by atoms with Gasteiger partial charge < -0.3 is 4.74 Å². The Morgan fingerprint density at radius 3 is 2.33 bits per heavy atom. The molecule has 0 fully saturated rings. The number of rotatable bonds is 3. The Labute approximate surface area is 120 Å². The van der Waals surface area contributed by atoms with Crippen molar-refractivity contribution in [2.45, 2.75) is 13.3 Å². The van der Waals surface area contributed by atoms with Gasteiger partial charge in [0.2, 0.25) is 5.88 Å². The zero-order chi connectivity index (χ0) is 13.1. The Hall–Kier alpha value is -0.960. The van der Waals surface area contributed by atoms with Crippen LogP contribution in [0.15, 0.2) is 30.3 Å². The highest BCUT2D eigenvalue weighted by Gasteiger charge is 2.09. The number of aromatic nitrogens is 1. The second-order valence-corrected chi connectivity index (χ2v) is 4.82. The number of pyridine rings is 1. The SMILES string of the molecule is CCc1ccc(Oc2nc(Cl)c(Cl)cc2Cl)cc1. The van der Waals surface area contributed by atoms with Gasteiger partial charge in [0.05, 0.1) is 5.02 Å². The summed E-state index contributed by atoms with van der Waals surface area (Å²) in [6, 6.07) is 9.20. The first-order valence-electron chi connectivity index (χ1n) is 5.38. The molecule has 0 N–H and O–H groups in total. The maximum atomic E-state index is 5.98. The number of ether oxygens (including phenoxy) is 1.